The van der Waals surface area contributed by atoms with E-state index in [0.717, 1.165) is 23.3 Å². The molecule has 0 radical (unpaired) electrons. The molecule has 0 saturated carbocycles. The zero-order chi connectivity index (χ0) is 19.8. The fraction of sp³-hybridized carbons (Fsp3) is 0.400. The lowest BCUT2D eigenvalue weighted by Crippen LogP contribution is -2.46. The van der Waals surface area contributed by atoms with E-state index in [1.54, 1.807) is 7.05 Å². The summed E-state index contributed by atoms with van der Waals surface area (Å²) in [5, 5.41) is 0. The van der Waals surface area contributed by atoms with Gasteiger partial charge in [-0.3, -0.25) is 0 Å². The molecule has 1 aliphatic rings. The van der Waals surface area contributed by atoms with Crippen molar-refractivity contribution in [3.05, 3.63) is 66.2 Å². The Balaban J connectivity index is 1.87. The molecule has 1 saturated heterocycles. The Hall–Kier alpha value is -0.650. The predicted octanol–water partition coefficient (Wildman–Crippen LogP) is 5.12. The summed E-state index contributed by atoms with van der Waals surface area (Å²) in [6, 6.07) is 19.7. The molecule has 28 heavy (non-hydrogen) atoms. The molecule has 0 aromatic heterocycles. The molecule has 0 amide bonds. The molecule has 0 bridgehead atoms. The average Bonchev–Trinajstić information content (AvgIpc) is 2.77. The van der Waals surface area contributed by atoms with Gasteiger partial charge in [0, 0.05) is 40.8 Å². The summed E-state index contributed by atoms with van der Waals surface area (Å²) >= 11 is 2.11. The van der Waals surface area contributed by atoms with Gasteiger partial charge in [-0.15, -0.1) is 0 Å². The zero-order valence-electron chi connectivity index (χ0n) is 15.8. The topological polar surface area (TPSA) is 51.1 Å². The maximum atomic E-state index is 14.1. The van der Waals surface area contributed by atoms with E-state index >= 15 is 0 Å². The van der Waals surface area contributed by atoms with E-state index in [2.05, 4.69) is 37.7 Å². The van der Waals surface area contributed by atoms with Crippen molar-refractivity contribution < 1.29 is 13.1 Å². The van der Waals surface area contributed by atoms with E-state index in [1.165, 1.54) is 9.21 Å². The van der Waals surface area contributed by atoms with E-state index in [0.29, 0.717) is 19.8 Å². The number of benzene rings is 2. The van der Waals surface area contributed by atoms with Crippen LogP contribution in [0.2, 0.25) is 0 Å². The predicted molar refractivity (Wildman–Crippen MR) is 124 cm³/mol. The van der Waals surface area contributed by atoms with Gasteiger partial charge < -0.3 is 8.92 Å². The third kappa shape index (κ3) is 5.48. The zero-order valence-corrected chi connectivity index (χ0v) is 19.6. The largest absolute Gasteiger partial charge is 0.374 e. The van der Waals surface area contributed by atoms with Crippen molar-refractivity contribution in [1.29, 1.82) is 0 Å². The van der Waals surface area contributed by atoms with Crippen LogP contribution in [0.3, 0.4) is 0 Å². The Morgan fingerprint density at radius 2 is 1.86 bits per heavy atom. The minimum atomic E-state index is -2.74. The van der Waals surface area contributed by atoms with Crippen LogP contribution in [0.5, 0.6) is 0 Å². The average molecular weight is 532 g/mol. The molecule has 0 spiro atoms. The van der Waals surface area contributed by atoms with Crippen molar-refractivity contribution in [2.24, 2.45) is 4.36 Å². The highest BCUT2D eigenvalue weighted by Crippen LogP contribution is 2.29. The van der Waals surface area contributed by atoms with Crippen LogP contribution in [0.15, 0.2) is 69.9 Å². The number of ether oxygens (including phenoxy) is 1. The summed E-state index contributed by atoms with van der Waals surface area (Å²) in [6.45, 7) is 1.65. The molecule has 2 aromatic rings. The molecular weight excluding hydrogens is 507 g/mol. The first-order valence-corrected chi connectivity index (χ1v) is 14.0. The van der Waals surface area contributed by atoms with Crippen LogP contribution in [-0.4, -0.2) is 40.9 Å². The summed E-state index contributed by atoms with van der Waals surface area (Å²) < 4.78 is 32.0. The first-order valence-electron chi connectivity index (χ1n) is 9.20. The summed E-state index contributed by atoms with van der Waals surface area (Å²) in [5.74, 6) is 0. The Morgan fingerprint density at radius 1 is 1.18 bits per heavy atom. The van der Waals surface area contributed by atoms with Crippen LogP contribution < -0.4 is 0 Å². The monoisotopic (exact) mass is 532 g/mol. The van der Waals surface area contributed by atoms with Gasteiger partial charge in [-0.25, -0.2) is 12.9 Å². The molecule has 1 fully saturated rings. The van der Waals surface area contributed by atoms with Gasteiger partial charge in [0.2, 0.25) is 0 Å². The first-order chi connectivity index (χ1) is 13.7. The van der Waals surface area contributed by atoms with Crippen molar-refractivity contribution in [1.82, 2.24) is 4.31 Å². The van der Waals surface area contributed by atoms with E-state index in [-0.39, 0.29) is 12.1 Å². The second kappa shape index (κ2) is 10.9. The molecule has 1 heterocycles. The molecule has 3 atom stereocenters. The third-order valence-electron chi connectivity index (χ3n) is 4.85. The lowest BCUT2D eigenvalue weighted by Gasteiger charge is -2.38. The molecular formula is C20H25IN2O3S2. The van der Waals surface area contributed by atoms with Gasteiger partial charge in [-0.2, -0.15) is 0 Å². The maximum Gasteiger partial charge on any atom is 0.140 e. The van der Waals surface area contributed by atoms with E-state index in [4.69, 9.17) is 8.92 Å². The van der Waals surface area contributed by atoms with Gasteiger partial charge >= 0.3 is 0 Å². The second-order valence-corrected chi connectivity index (χ2v) is 10.3. The first kappa shape index (κ1) is 22.0. The number of hydrogen-bond acceptors (Lipinski definition) is 5. The highest BCUT2D eigenvalue weighted by atomic mass is 127. The van der Waals surface area contributed by atoms with Gasteiger partial charge in [0.25, 0.3) is 0 Å². The van der Waals surface area contributed by atoms with Gasteiger partial charge in [0.1, 0.15) is 9.92 Å². The van der Waals surface area contributed by atoms with Crippen molar-refractivity contribution >= 4 is 40.3 Å². The number of hydrogen-bond donors (Lipinski definition) is 0. The summed E-state index contributed by atoms with van der Waals surface area (Å²) in [6.07, 6.45) is 1.86. The van der Waals surface area contributed by atoms with Crippen LogP contribution in [0.4, 0.5) is 0 Å². The van der Waals surface area contributed by atoms with Crippen LogP contribution >= 0.6 is 30.4 Å². The van der Waals surface area contributed by atoms with Crippen LogP contribution in [0.1, 0.15) is 18.4 Å². The number of nitrogens with zero attached hydrogens (tertiary/aromatic N) is 2. The lowest BCUT2D eigenvalue weighted by atomic mass is 10.1. The quantitative estimate of drug-likeness (QED) is 0.350. The molecule has 8 heteroatoms. The molecule has 5 nitrogen and oxygen atoms in total. The molecule has 0 aliphatic carbocycles. The summed E-state index contributed by atoms with van der Waals surface area (Å²) in [4.78, 5) is 0.736. The van der Waals surface area contributed by atoms with E-state index in [9.17, 15) is 4.21 Å². The van der Waals surface area contributed by atoms with Gasteiger partial charge in [-0.1, -0.05) is 48.5 Å². The van der Waals surface area contributed by atoms with Gasteiger partial charge in [0.05, 0.1) is 33.4 Å². The summed E-state index contributed by atoms with van der Waals surface area (Å²) in [5.41, 5.74) is 1.11. The van der Waals surface area contributed by atoms with Gasteiger partial charge in [0.15, 0.2) is 0 Å². The lowest BCUT2D eigenvalue weighted by molar-refractivity contribution is -0.0367. The van der Waals surface area contributed by atoms with E-state index in [1.807, 2.05) is 52.8 Å². The Labute approximate surface area is 184 Å². The Morgan fingerprint density at radius 3 is 2.43 bits per heavy atom. The van der Waals surface area contributed by atoms with Crippen molar-refractivity contribution in [2.45, 2.75) is 36.4 Å². The third-order valence-corrected chi connectivity index (χ3v) is 8.28. The standard InChI is InChI=1S/C20H25IN2O3S2/c1-22-28(24,20-10-6-3-7-11-20)23(14-17-8-4-2-5-9-17)18-12-13-19(25-15-18)16-26-27-21/h2-11,18-19H,12-16H2,1H3/t18-,19+,28?/m1/s1. The van der Waals surface area contributed by atoms with Crippen molar-refractivity contribution in [2.75, 3.05) is 20.3 Å². The minimum absolute atomic E-state index is 0.0279. The SMILES string of the molecule is CN=S(=O)(c1ccccc1)N(Cc1ccccc1)[C@@H]1CC[C@@H](COSI)OC1. The van der Waals surface area contributed by atoms with Gasteiger partial charge in [-0.05, 0) is 30.5 Å². The number of rotatable bonds is 8. The molecule has 1 aliphatic heterocycles. The Bertz CT molecular complexity index is 837. The number of halogens is 1. The normalized spacial score (nSPS) is 22.0. The molecule has 152 valence electrons. The maximum absolute atomic E-state index is 14.1. The molecule has 2 aromatic carbocycles. The second-order valence-electron chi connectivity index (χ2n) is 6.59. The fourth-order valence-corrected chi connectivity index (χ4v) is 6.12. The fourth-order valence-electron chi connectivity index (χ4n) is 3.38. The van der Waals surface area contributed by atoms with E-state index < -0.39 is 9.92 Å². The highest BCUT2D eigenvalue weighted by Gasteiger charge is 2.33. The summed E-state index contributed by atoms with van der Waals surface area (Å²) in [7, 11) is 0.235. The van der Waals surface area contributed by atoms with Crippen molar-refractivity contribution in [3.63, 3.8) is 0 Å². The minimum Gasteiger partial charge on any atom is -0.374 e. The van der Waals surface area contributed by atoms with Crippen molar-refractivity contribution in [3.8, 4) is 0 Å². The van der Waals surface area contributed by atoms with Crippen LogP contribution in [-0.2, 0) is 25.4 Å². The smallest absolute Gasteiger partial charge is 0.140 e. The molecule has 3 rings (SSSR count). The molecule has 1 unspecified atom stereocenters. The Kier molecular flexibility index (Phi) is 8.61. The van der Waals surface area contributed by atoms with Crippen LogP contribution in [0.25, 0.3) is 0 Å². The highest BCUT2D eigenvalue weighted by molar-refractivity contribution is 14.2. The molecule has 0 N–H and O–H groups in total. The van der Waals surface area contributed by atoms with Crippen LogP contribution in [0, 0.1) is 0 Å².